The predicted octanol–water partition coefficient (Wildman–Crippen LogP) is 11.3. The molecule has 0 spiro atoms. The van der Waals surface area contributed by atoms with E-state index in [2.05, 4.69) is 164 Å². The number of nitriles is 1. The third kappa shape index (κ3) is 3.77. The van der Waals surface area contributed by atoms with Gasteiger partial charge in [-0.15, -0.1) is 11.3 Å². The number of hydrogen-bond donors (Lipinski definition) is 0. The first-order valence-electron chi connectivity index (χ1n) is 19.1. The van der Waals surface area contributed by atoms with Gasteiger partial charge in [-0.2, -0.15) is 5.26 Å². The molecule has 3 aromatic heterocycles. The lowest BCUT2D eigenvalue weighted by molar-refractivity contribution is 1.13. The van der Waals surface area contributed by atoms with Gasteiger partial charge in [-0.25, -0.2) is 4.85 Å². The molecule has 0 aliphatic carbocycles. The Hall–Kier alpha value is -7.58. The molecule has 0 bridgehead atoms. The number of anilines is 3. The molecule has 2 aliphatic rings. The van der Waals surface area contributed by atoms with Crippen LogP contribution in [-0.4, -0.2) is 15.8 Å². The van der Waals surface area contributed by atoms with Gasteiger partial charge in [0.2, 0.25) is 5.69 Å². The van der Waals surface area contributed by atoms with Crippen LogP contribution in [0.15, 0.2) is 158 Å². The maximum absolute atomic E-state index is 11.8. The number of benzene rings is 8. The summed E-state index contributed by atoms with van der Waals surface area (Å²) in [6.45, 7) is 9.01. The van der Waals surface area contributed by atoms with E-state index < -0.39 is 0 Å². The van der Waals surface area contributed by atoms with Gasteiger partial charge in [-0.05, 0) is 64.9 Å². The topological polar surface area (TPSA) is 41.2 Å². The first-order chi connectivity index (χ1) is 28.2. The van der Waals surface area contributed by atoms with Crippen molar-refractivity contribution in [2.75, 3.05) is 4.90 Å². The van der Waals surface area contributed by atoms with E-state index in [-0.39, 0.29) is 6.71 Å². The standard InChI is InChI=1S/C50H26BN5S/c1-53-45-49(54(29-13-3-2-4-14-29)30-25-26-43-36(27-30)33-17-7-10-24-42(33)57-43)37(28-52)48-44-50(45)56-41-23-9-6-16-32(41)35-19-12-21-39(47(35)56)51(44)38-20-11-18-34-31-15-5-8-22-40(31)55(48)46(34)38/h2-27H. The summed E-state index contributed by atoms with van der Waals surface area (Å²) in [5, 5.41) is 18.7. The predicted molar refractivity (Wildman–Crippen MR) is 238 cm³/mol. The molecule has 7 heteroatoms. The van der Waals surface area contributed by atoms with Crippen LogP contribution in [0.2, 0.25) is 0 Å². The summed E-state index contributed by atoms with van der Waals surface area (Å²) in [6.07, 6.45) is 0. The third-order valence-electron chi connectivity index (χ3n) is 12.3. The smallest absolute Gasteiger partial charge is 0.250 e. The van der Waals surface area contributed by atoms with Crippen molar-refractivity contribution in [2.24, 2.45) is 0 Å². The molecule has 0 saturated carbocycles. The molecular weight excluding hydrogens is 713 g/mol. The minimum atomic E-state index is -0.198. The van der Waals surface area contributed by atoms with Crippen LogP contribution in [0.3, 0.4) is 0 Å². The number of fused-ring (bicyclic) bond motifs is 13. The summed E-state index contributed by atoms with van der Waals surface area (Å²) in [5.41, 5.74) is 12.6. The second-order valence-corrected chi connectivity index (χ2v) is 16.1. The summed E-state index contributed by atoms with van der Waals surface area (Å²) < 4.78 is 7.09. The Balaban J connectivity index is 1.28. The Morgan fingerprint density at radius 1 is 0.561 bits per heavy atom. The number of aromatic nitrogens is 2. The van der Waals surface area contributed by atoms with E-state index in [1.54, 1.807) is 11.3 Å². The summed E-state index contributed by atoms with van der Waals surface area (Å²) >= 11 is 1.78. The molecule has 0 atom stereocenters. The number of hydrogen-bond acceptors (Lipinski definition) is 3. The Morgan fingerprint density at radius 3 is 1.81 bits per heavy atom. The van der Waals surface area contributed by atoms with Crippen LogP contribution in [0, 0.1) is 17.9 Å². The van der Waals surface area contributed by atoms with Crippen LogP contribution in [0.4, 0.5) is 22.7 Å². The highest BCUT2D eigenvalue weighted by atomic mass is 32.1. The quantitative estimate of drug-likeness (QED) is 0.134. The van der Waals surface area contributed by atoms with Crippen LogP contribution in [0.1, 0.15) is 5.56 Å². The molecule has 13 rings (SSSR count). The largest absolute Gasteiger partial charge is 0.320 e. The van der Waals surface area contributed by atoms with E-state index >= 15 is 0 Å². The van der Waals surface area contributed by atoms with Gasteiger partial charge >= 0.3 is 0 Å². The van der Waals surface area contributed by atoms with Gasteiger partial charge in [0.05, 0.1) is 40.2 Å². The van der Waals surface area contributed by atoms with Gasteiger partial charge in [0.15, 0.2) is 0 Å². The van der Waals surface area contributed by atoms with Gasteiger partial charge in [-0.1, -0.05) is 109 Å². The minimum Gasteiger partial charge on any atom is -0.320 e. The lowest BCUT2D eigenvalue weighted by Gasteiger charge is -2.37. The van der Waals surface area contributed by atoms with E-state index in [0.717, 1.165) is 77.2 Å². The molecule has 5 heterocycles. The minimum absolute atomic E-state index is 0.198. The zero-order valence-corrected chi connectivity index (χ0v) is 31.0. The van der Waals surface area contributed by atoms with Crippen LogP contribution < -0.4 is 21.3 Å². The van der Waals surface area contributed by atoms with E-state index in [1.165, 1.54) is 25.7 Å². The maximum Gasteiger partial charge on any atom is 0.250 e. The summed E-state index contributed by atoms with van der Waals surface area (Å²) in [7, 11) is 0. The Morgan fingerprint density at radius 2 is 1.14 bits per heavy atom. The number of para-hydroxylation sites is 5. The second kappa shape index (κ2) is 11.0. The van der Waals surface area contributed by atoms with E-state index in [1.807, 2.05) is 18.2 Å². The SMILES string of the molecule is [C-]#[N+]c1c(N(c2ccccc2)c2ccc3sc4ccccc4c3c2)c(C#N)c2c3c1-n1c4ccccc4c4cccc(c41)B3c1cccc3c4ccccc4n-2c13. The van der Waals surface area contributed by atoms with Crippen molar-refractivity contribution in [3.63, 3.8) is 0 Å². The molecule has 0 radical (unpaired) electrons. The van der Waals surface area contributed by atoms with E-state index in [0.29, 0.717) is 16.9 Å². The van der Waals surface area contributed by atoms with Crippen molar-refractivity contribution < 1.29 is 0 Å². The monoisotopic (exact) mass is 739 g/mol. The van der Waals surface area contributed by atoms with Crippen molar-refractivity contribution in [1.82, 2.24) is 9.13 Å². The van der Waals surface area contributed by atoms with Gasteiger partial charge < -0.3 is 14.0 Å². The molecule has 5 nitrogen and oxygen atoms in total. The molecule has 260 valence electrons. The van der Waals surface area contributed by atoms with Gasteiger partial charge in [0.25, 0.3) is 6.71 Å². The van der Waals surface area contributed by atoms with Crippen molar-refractivity contribution in [1.29, 1.82) is 5.26 Å². The molecule has 57 heavy (non-hydrogen) atoms. The zero-order chi connectivity index (χ0) is 37.5. The fourth-order valence-electron chi connectivity index (χ4n) is 10.2. The van der Waals surface area contributed by atoms with E-state index in [4.69, 9.17) is 0 Å². The molecule has 0 fully saturated rings. The van der Waals surface area contributed by atoms with Gasteiger partial charge in [-0.3, -0.25) is 0 Å². The normalized spacial score (nSPS) is 12.5. The van der Waals surface area contributed by atoms with Crippen molar-refractivity contribution in [3.8, 4) is 17.4 Å². The van der Waals surface area contributed by atoms with Crippen LogP contribution in [0.5, 0.6) is 0 Å². The Labute approximate surface area is 331 Å². The number of thiophene rings is 1. The van der Waals surface area contributed by atoms with Gasteiger partial charge in [0.1, 0.15) is 6.07 Å². The van der Waals surface area contributed by atoms with Crippen molar-refractivity contribution in [3.05, 3.63) is 175 Å². The molecule has 11 aromatic rings. The third-order valence-corrected chi connectivity index (χ3v) is 13.5. The first-order valence-corrected chi connectivity index (χ1v) is 19.9. The van der Waals surface area contributed by atoms with Crippen LogP contribution in [0.25, 0.3) is 80.0 Å². The molecule has 0 saturated heterocycles. The van der Waals surface area contributed by atoms with Gasteiger partial charge in [0, 0.05) is 64.1 Å². The maximum atomic E-state index is 11.8. The Kier molecular flexibility index (Phi) is 5.94. The zero-order valence-electron chi connectivity index (χ0n) is 30.2. The molecule has 0 unspecified atom stereocenters. The highest BCUT2D eigenvalue weighted by molar-refractivity contribution is 7.25. The number of rotatable bonds is 3. The van der Waals surface area contributed by atoms with Crippen molar-refractivity contribution >= 4 is 121 Å². The summed E-state index contributed by atoms with van der Waals surface area (Å²) in [5.74, 6) is 0. The highest BCUT2D eigenvalue weighted by Gasteiger charge is 2.45. The lowest BCUT2D eigenvalue weighted by Crippen LogP contribution is -2.59. The molecule has 0 N–H and O–H groups in total. The fraction of sp³-hybridized carbons (Fsp3) is 0. The van der Waals surface area contributed by atoms with Crippen molar-refractivity contribution in [2.45, 2.75) is 0 Å². The van der Waals surface area contributed by atoms with Crippen LogP contribution in [-0.2, 0) is 0 Å². The fourth-order valence-corrected chi connectivity index (χ4v) is 11.3. The van der Waals surface area contributed by atoms with E-state index in [9.17, 15) is 11.8 Å². The molecule has 2 aliphatic heterocycles. The lowest BCUT2D eigenvalue weighted by atomic mass is 9.34. The molecule has 8 aromatic carbocycles. The van der Waals surface area contributed by atoms with Crippen LogP contribution >= 0.6 is 11.3 Å². The average Bonchev–Trinajstić information content (AvgIpc) is 3.93. The summed E-state index contributed by atoms with van der Waals surface area (Å²) in [4.78, 5) is 6.69. The average molecular weight is 740 g/mol. The first kappa shape index (κ1) is 30.7. The number of nitrogens with zero attached hydrogens (tertiary/aromatic N) is 5. The molecular formula is C50H26BN5S. The Bertz CT molecular complexity index is 3530. The summed E-state index contributed by atoms with van der Waals surface area (Å²) in [6, 6.07) is 58.4. The molecule has 0 amide bonds. The highest BCUT2D eigenvalue weighted by Crippen LogP contribution is 2.52. The second-order valence-electron chi connectivity index (χ2n) is 15.0.